The number of ketones is 1. The van der Waals surface area contributed by atoms with E-state index in [2.05, 4.69) is 35.4 Å². The number of rotatable bonds is 3. The van der Waals surface area contributed by atoms with Crippen molar-refractivity contribution < 1.29 is 4.79 Å². The Morgan fingerprint density at radius 1 is 1.17 bits per heavy atom. The second kappa shape index (κ2) is 5.82. The average molecular weight is 318 g/mol. The topological polar surface area (TPSA) is 44.9 Å². The number of hydrogen-bond acceptors (Lipinski definition) is 2. The molecule has 2 aromatic carbocycles. The van der Waals surface area contributed by atoms with Crippen molar-refractivity contribution in [2.75, 3.05) is 5.32 Å². The lowest BCUT2D eigenvalue weighted by molar-refractivity contribution is 0.101. The molecule has 1 aromatic heterocycles. The summed E-state index contributed by atoms with van der Waals surface area (Å²) in [6, 6.07) is 14.7. The molecule has 1 atom stereocenters. The van der Waals surface area contributed by atoms with E-state index in [4.69, 9.17) is 0 Å². The molecule has 24 heavy (non-hydrogen) atoms. The number of benzene rings is 2. The molecular formula is C21H22N2O. The van der Waals surface area contributed by atoms with Gasteiger partial charge in [-0.05, 0) is 75.1 Å². The van der Waals surface area contributed by atoms with Crippen molar-refractivity contribution in [3.63, 3.8) is 0 Å². The van der Waals surface area contributed by atoms with Gasteiger partial charge in [-0.1, -0.05) is 11.6 Å². The highest BCUT2D eigenvalue weighted by Crippen LogP contribution is 2.36. The maximum Gasteiger partial charge on any atom is 0.159 e. The number of carbonyl (C=O) groups excluding carboxylic acids is 1. The molecule has 3 aromatic rings. The van der Waals surface area contributed by atoms with Crippen molar-refractivity contribution in [2.24, 2.45) is 0 Å². The maximum atomic E-state index is 11.4. The van der Waals surface area contributed by atoms with Crippen molar-refractivity contribution >= 4 is 22.4 Å². The van der Waals surface area contributed by atoms with Gasteiger partial charge >= 0.3 is 0 Å². The monoisotopic (exact) mass is 318 g/mol. The van der Waals surface area contributed by atoms with Crippen LogP contribution in [-0.4, -0.2) is 10.8 Å². The number of H-pyrrole nitrogens is 1. The van der Waals surface area contributed by atoms with Crippen LogP contribution < -0.4 is 5.32 Å². The fourth-order valence-corrected chi connectivity index (χ4v) is 3.72. The van der Waals surface area contributed by atoms with E-state index in [1.807, 2.05) is 24.3 Å². The Morgan fingerprint density at radius 2 is 1.96 bits per heavy atom. The highest BCUT2D eigenvalue weighted by atomic mass is 16.1. The van der Waals surface area contributed by atoms with Crippen molar-refractivity contribution in [1.29, 1.82) is 0 Å². The third-order valence-corrected chi connectivity index (χ3v) is 5.00. The Balaban J connectivity index is 1.66. The van der Waals surface area contributed by atoms with E-state index in [0.29, 0.717) is 6.04 Å². The van der Waals surface area contributed by atoms with Crippen LogP contribution >= 0.6 is 0 Å². The summed E-state index contributed by atoms with van der Waals surface area (Å²) < 4.78 is 0. The minimum atomic E-state index is 0.104. The first-order valence-electron chi connectivity index (χ1n) is 8.60. The van der Waals surface area contributed by atoms with E-state index in [1.54, 1.807) is 6.92 Å². The number of aromatic nitrogens is 1. The van der Waals surface area contributed by atoms with Crippen LogP contribution in [0.2, 0.25) is 0 Å². The van der Waals surface area contributed by atoms with Crippen molar-refractivity contribution in [2.45, 2.75) is 39.2 Å². The fourth-order valence-electron chi connectivity index (χ4n) is 3.72. The summed E-state index contributed by atoms with van der Waals surface area (Å²) >= 11 is 0. The molecular weight excluding hydrogens is 296 g/mol. The van der Waals surface area contributed by atoms with Crippen molar-refractivity contribution in [3.05, 3.63) is 64.8 Å². The first-order chi connectivity index (χ1) is 11.6. The first-order valence-corrected chi connectivity index (χ1v) is 8.60. The highest BCUT2D eigenvalue weighted by Gasteiger charge is 2.24. The molecule has 1 unspecified atom stereocenters. The van der Waals surface area contributed by atoms with Crippen LogP contribution in [0.1, 0.15) is 53.0 Å². The Labute approximate surface area is 142 Å². The van der Waals surface area contributed by atoms with Gasteiger partial charge in [0, 0.05) is 27.8 Å². The number of Topliss-reactive ketones (excluding diaryl/α,β-unsaturated/α-hetero) is 1. The number of nitrogens with one attached hydrogen (secondary N) is 2. The number of aryl methyl sites for hydroxylation is 2. The van der Waals surface area contributed by atoms with Crippen molar-refractivity contribution in [3.8, 4) is 0 Å². The molecule has 0 radical (unpaired) electrons. The van der Waals surface area contributed by atoms with Gasteiger partial charge in [0.15, 0.2) is 5.78 Å². The van der Waals surface area contributed by atoms with Gasteiger partial charge in [0.25, 0.3) is 0 Å². The van der Waals surface area contributed by atoms with E-state index in [1.165, 1.54) is 34.1 Å². The maximum absolute atomic E-state index is 11.4. The number of aromatic amines is 1. The highest BCUT2D eigenvalue weighted by molar-refractivity contribution is 5.94. The zero-order chi connectivity index (χ0) is 16.7. The molecule has 2 N–H and O–H groups in total. The Hall–Kier alpha value is -2.55. The Bertz CT molecular complexity index is 905. The average Bonchev–Trinajstić information content (AvgIpc) is 2.94. The molecule has 0 spiro atoms. The van der Waals surface area contributed by atoms with Gasteiger partial charge in [-0.3, -0.25) is 4.79 Å². The molecule has 3 heteroatoms. The number of hydrogen-bond donors (Lipinski definition) is 2. The van der Waals surface area contributed by atoms with Gasteiger partial charge in [-0.15, -0.1) is 0 Å². The fraction of sp³-hybridized carbons (Fsp3) is 0.286. The van der Waals surface area contributed by atoms with Crippen LogP contribution in [0.5, 0.6) is 0 Å². The summed E-state index contributed by atoms with van der Waals surface area (Å²) in [5.74, 6) is 0.104. The summed E-state index contributed by atoms with van der Waals surface area (Å²) in [5.41, 5.74) is 7.12. The summed E-state index contributed by atoms with van der Waals surface area (Å²) in [5, 5.41) is 5.00. The van der Waals surface area contributed by atoms with Crippen LogP contribution in [0.3, 0.4) is 0 Å². The second-order valence-electron chi connectivity index (χ2n) is 6.79. The molecule has 0 aliphatic heterocycles. The van der Waals surface area contributed by atoms with Crippen LogP contribution in [0, 0.1) is 6.92 Å². The molecule has 0 saturated heterocycles. The molecule has 1 heterocycles. The summed E-state index contributed by atoms with van der Waals surface area (Å²) in [6.07, 6.45) is 3.45. The second-order valence-corrected chi connectivity index (χ2v) is 6.79. The van der Waals surface area contributed by atoms with Crippen LogP contribution in [0.4, 0.5) is 5.69 Å². The zero-order valence-corrected chi connectivity index (χ0v) is 14.1. The predicted octanol–water partition coefficient (Wildman–Crippen LogP) is 5.17. The van der Waals surface area contributed by atoms with Gasteiger partial charge in [0.05, 0.1) is 6.04 Å². The molecule has 0 bridgehead atoms. The summed E-state index contributed by atoms with van der Waals surface area (Å²) in [4.78, 5) is 15.0. The van der Waals surface area contributed by atoms with E-state index in [-0.39, 0.29) is 5.78 Å². The lowest BCUT2D eigenvalue weighted by atomic mass is 9.91. The molecule has 122 valence electrons. The summed E-state index contributed by atoms with van der Waals surface area (Å²) in [7, 11) is 0. The largest absolute Gasteiger partial charge is 0.377 e. The summed E-state index contributed by atoms with van der Waals surface area (Å²) in [6.45, 7) is 3.75. The lowest BCUT2D eigenvalue weighted by Crippen LogP contribution is -2.17. The first kappa shape index (κ1) is 15.0. The van der Waals surface area contributed by atoms with Crippen LogP contribution in [0.15, 0.2) is 42.5 Å². The quantitative estimate of drug-likeness (QED) is 0.654. The third kappa shape index (κ3) is 2.60. The molecule has 1 aliphatic rings. The van der Waals surface area contributed by atoms with Gasteiger partial charge in [-0.25, -0.2) is 0 Å². The standard InChI is InChI=1S/C21H22N2O/c1-13-6-11-19-18(12-13)17-4-3-5-20(21(17)23-19)22-16-9-7-15(8-10-16)14(2)24/h6-12,20,22-23H,3-5H2,1-2H3. The minimum Gasteiger partial charge on any atom is -0.377 e. The van der Waals surface area contributed by atoms with Gasteiger partial charge in [-0.2, -0.15) is 0 Å². The molecule has 4 rings (SSSR count). The van der Waals surface area contributed by atoms with E-state index >= 15 is 0 Å². The Kier molecular flexibility index (Phi) is 3.64. The molecule has 0 saturated carbocycles. The van der Waals surface area contributed by atoms with E-state index < -0.39 is 0 Å². The minimum absolute atomic E-state index is 0.104. The number of carbonyl (C=O) groups is 1. The normalized spacial score (nSPS) is 16.8. The van der Waals surface area contributed by atoms with Gasteiger partial charge < -0.3 is 10.3 Å². The lowest BCUT2D eigenvalue weighted by Gasteiger charge is -2.25. The molecule has 0 amide bonds. The van der Waals surface area contributed by atoms with E-state index in [9.17, 15) is 4.79 Å². The van der Waals surface area contributed by atoms with Gasteiger partial charge in [0.1, 0.15) is 0 Å². The molecule has 3 nitrogen and oxygen atoms in total. The molecule has 1 aliphatic carbocycles. The van der Waals surface area contributed by atoms with Crippen LogP contribution in [-0.2, 0) is 6.42 Å². The number of anilines is 1. The number of fused-ring (bicyclic) bond motifs is 3. The SMILES string of the molecule is CC(=O)c1ccc(NC2CCCc3c2[nH]c2ccc(C)cc32)cc1. The predicted molar refractivity (Wildman–Crippen MR) is 98.8 cm³/mol. The zero-order valence-electron chi connectivity index (χ0n) is 14.1. The van der Waals surface area contributed by atoms with Crippen molar-refractivity contribution in [1.82, 2.24) is 4.98 Å². The third-order valence-electron chi connectivity index (χ3n) is 5.00. The smallest absolute Gasteiger partial charge is 0.159 e. The van der Waals surface area contributed by atoms with Crippen LogP contribution in [0.25, 0.3) is 10.9 Å². The molecule has 0 fully saturated rings. The Morgan fingerprint density at radius 3 is 2.71 bits per heavy atom. The van der Waals surface area contributed by atoms with E-state index in [0.717, 1.165) is 24.1 Å². The van der Waals surface area contributed by atoms with Gasteiger partial charge in [0.2, 0.25) is 0 Å².